The highest BCUT2D eigenvalue weighted by Crippen LogP contribution is 2.44. The Morgan fingerprint density at radius 3 is 2.62 bits per heavy atom. The molecule has 1 fully saturated rings. The molecule has 2 aliphatic rings. The minimum atomic E-state index is -0.386. The molecule has 2 heterocycles. The number of thiocarbonyl (C=S) groups is 1. The van der Waals surface area contributed by atoms with E-state index in [0.717, 1.165) is 17.0 Å². The number of primary amides is 1. The minimum Gasteiger partial charge on any atom is -0.481 e. The van der Waals surface area contributed by atoms with E-state index in [9.17, 15) is 4.79 Å². The first-order valence-electron chi connectivity index (χ1n) is 7.82. The monoisotopic (exact) mass is 339 g/mol. The third-order valence-electron chi connectivity index (χ3n) is 4.42. The van der Waals surface area contributed by atoms with Crippen LogP contribution in [0.15, 0.2) is 54.6 Å². The first kappa shape index (κ1) is 15.0. The van der Waals surface area contributed by atoms with Gasteiger partial charge in [-0.05, 0) is 29.9 Å². The van der Waals surface area contributed by atoms with Crippen LogP contribution < -0.4 is 15.4 Å². The van der Waals surface area contributed by atoms with E-state index in [2.05, 4.69) is 17.0 Å². The number of fused-ring (bicyclic) bond motifs is 3. The molecule has 1 saturated heterocycles. The fraction of sp³-hybridized carbons (Fsp3) is 0.222. The molecule has 4 rings (SSSR count). The van der Waals surface area contributed by atoms with E-state index in [1.54, 1.807) is 0 Å². The third-order valence-corrected chi connectivity index (χ3v) is 4.87. The Labute approximate surface area is 145 Å². The first-order valence-corrected chi connectivity index (χ1v) is 8.23. The van der Waals surface area contributed by atoms with Gasteiger partial charge in [-0.25, -0.2) is 0 Å². The fourth-order valence-corrected chi connectivity index (χ4v) is 3.79. The molecular weight excluding hydrogens is 322 g/mol. The van der Waals surface area contributed by atoms with Gasteiger partial charge in [0.25, 0.3) is 0 Å². The predicted molar refractivity (Wildman–Crippen MR) is 95.9 cm³/mol. The van der Waals surface area contributed by atoms with E-state index in [0.29, 0.717) is 11.7 Å². The van der Waals surface area contributed by atoms with E-state index in [4.69, 9.17) is 22.7 Å². The van der Waals surface area contributed by atoms with Crippen LogP contribution in [0, 0.1) is 0 Å². The summed E-state index contributed by atoms with van der Waals surface area (Å²) in [5.41, 5.74) is 7.40. The number of hydrogen-bond acceptors (Lipinski definition) is 3. The highest BCUT2D eigenvalue weighted by atomic mass is 32.1. The van der Waals surface area contributed by atoms with Crippen molar-refractivity contribution in [2.45, 2.75) is 12.1 Å². The van der Waals surface area contributed by atoms with Crippen LogP contribution in [0.25, 0.3) is 0 Å². The van der Waals surface area contributed by atoms with Crippen LogP contribution >= 0.6 is 12.2 Å². The number of ether oxygens (including phenoxy) is 1. The van der Waals surface area contributed by atoms with E-state index in [1.807, 2.05) is 47.4 Å². The van der Waals surface area contributed by atoms with Crippen molar-refractivity contribution in [3.63, 3.8) is 0 Å². The molecule has 1 amide bonds. The quantitative estimate of drug-likeness (QED) is 0.868. The number of nitrogens with two attached hydrogens (primary N) is 1. The molecular formula is C18H17N3O2S. The Morgan fingerprint density at radius 2 is 1.88 bits per heavy atom. The van der Waals surface area contributed by atoms with Crippen molar-refractivity contribution in [3.05, 3.63) is 60.2 Å². The van der Waals surface area contributed by atoms with Crippen LogP contribution in [0.1, 0.15) is 11.7 Å². The summed E-state index contributed by atoms with van der Waals surface area (Å²) >= 11 is 5.62. The van der Waals surface area contributed by atoms with Crippen molar-refractivity contribution < 1.29 is 9.53 Å². The molecule has 0 saturated carbocycles. The Balaban J connectivity index is 1.77. The van der Waals surface area contributed by atoms with Gasteiger partial charge in [0, 0.05) is 6.54 Å². The molecule has 122 valence electrons. The number of hydrogen-bond donors (Lipinski definition) is 1. The van der Waals surface area contributed by atoms with E-state index in [1.165, 1.54) is 0 Å². The van der Waals surface area contributed by atoms with E-state index >= 15 is 0 Å². The summed E-state index contributed by atoms with van der Waals surface area (Å²) in [5, 5.41) is 0.621. The smallest absolute Gasteiger partial charge is 0.237 e. The van der Waals surface area contributed by atoms with Crippen LogP contribution in [-0.2, 0) is 4.79 Å². The number of benzene rings is 2. The second-order valence-electron chi connectivity index (χ2n) is 5.98. The second-order valence-corrected chi connectivity index (χ2v) is 6.35. The molecule has 24 heavy (non-hydrogen) atoms. The summed E-state index contributed by atoms with van der Waals surface area (Å²) < 4.78 is 6.29. The van der Waals surface area contributed by atoms with Gasteiger partial charge in [0.2, 0.25) is 5.91 Å². The van der Waals surface area contributed by atoms with Crippen LogP contribution in [0.3, 0.4) is 0 Å². The zero-order chi connectivity index (χ0) is 16.7. The number of amides is 1. The highest BCUT2D eigenvalue weighted by molar-refractivity contribution is 7.80. The number of carbonyl (C=O) groups is 1. The largest absolute Gasteiger partial charge is 0.481 e. The summed E-state index contributed by atoms with van der Waals surface area (Å²) in [4.78, 5) is 15.3. The highest BCUT2D eigenvalue weighted by Gasteiger charge is 2.45. The van der Waals surface area contributed by atoms with Crippen LogP contribution in [0.2, 0.25) is 0 Å². The molecule has 0 spiro atoms. The molecule has 2 atom stereocenters. The average Bonchev–Trinajstić information content (AvgIpc) is 2.91. The summed E-state index contributed by atoms with van der Waals surface area (Å²) in [6.45, 7) is 0.727. The minimum absolute atomic E-state index is 0.00847. The van der Waals surface area contributed by atoms with Gasteiger partial charge in [-0.2, -0.15) is 0 Å². The Kier molecular flexibility index (Phi) is 3.61. The predicted octanol–water partition coefficient (Wildman–Crippen LogP) is 2.08. The number of para-hydroxylation sites is 2. The van der Waals surface area contributed by atoms with Crippen molar-refractivity contribution in [3.8, 4) is 5.75 Å². The molecule has 0 aliphatic carbocycles. The second kappa shape index (κ2) is 5.79. The maximum atomic E-state index is 11.4. The number of anilines is 1. The van der Waals surface area contributed by atoms with Gasteiger partial charge < -0.3 is 20.3 Å². The van der Waals surface area contributed by atoms with Gasteiger partial charge in [0.1, 0.15) is 11.9 Å². The van der Waals surface area contributed by atoms with Gasteiger partial charge in [-0.1, -0.05) is 42.5 Å². The van der Waals surface area contributed by atoms with Crippen LogP contribution in [0.4, 0.5) is 5.69 Å². The molecule has 6 heteroatoms. The van der Waals surface area contributed by atoms with Crippen molar-refractivity contribution >= 4 is 28.9 Å². The topological polar surface area (TPSA) is 58.8 Å². The summed E-state index contributed by atoms with van der Waals surface area (Å²) in [5.74, 6) is 0.411. The first-order chi connectivity index (χ1) is 11.6. The van der Waals surface area contributed by atoms with Crippen molar-refractivity contribution in [1.29, 1.82) is 0 Å². The van der Waals surface area contributed by atoms with Crippen LogP contribution in [0.5, 0.6) is 5.75 Å². The Hall–Kier alpha value is -2.60. The maximum absolute atomic E-state index is 11.4. The lowest BCUT2D eigenvalue weighted by Gasteiger charge is -2.38. The van der Waals surface area contributed by atoms with Gasteiger partial charge in [0.15, 0.2) is 5.11 Å². The SMILES string of the molecule is NC(=O)CN1CC2C(c3ccccc3)Oc3ccccc3N2C1=S. The summed E-state index contributed by atoms with van der Waals surface area (Å²) in [6.07, 6.45) is -0.156. The van der Waals surface area contributed by atoms with E-state index < -0.39 is 0 Å². The molecule has 2 N–H and O–H groups in total. The molecule has 0 aromatic heterocycles. The normalized spacial score (nSPS) is 21.9. The summed E-state index contributed by atoms with van der Waals surface area (Å²) in [6, 6.07) is 17.9. The van der Waals surface area contributed by atoms with Gasteiger partial charge >= 0.3 is 0 Å². The molecule has 2 unspecified atom stereocenters. The molecule has 0 bridgehead atoms. The molecule has 2 aromatic carbocycles. The maximum Gasteiger partial charge on any atom is 0.237 e. The number of nitrogens with zero attached hydrogens (tertiary/aromatic N) is 2. The molecule has 2 aliphatic heterocycles. The fourth-order valence-electron chi connectivity index (χ4n) is 3.42. The van der Waals surface area contributed by atoms with Gasteiger partial charge in [-0.3, -0.25) is 4.79 Å². The van der Waals surface area contributed by atoms with Crippen molar-refractivity contribution in [1.82, 2.24) is 4.90 Å². The number of rotatable bonds is 3. The Morgan fingerprint density at radius 1 is 1.17 bits per heavy atom. The third kappa shape index (κ3) is 2.39. The zero-order valence-electron chi connectivity index (χ0n) is 13.0. The van der Waals surface area contributed by atoms with E-state index in [-0.39, 0.29) is 24.6 Å². The van der Waals surface area contributed by atoms with Gasteiger partial charge in [0.05, 0.1) is 18.3 Å². The summed E-state index contributed by atoms with van der Waals surface area (Å²) in [7, 11) is 0. The number of carbonyl (C=O) groups excluding carboxylic acids is 1. The molecule has 5 nitrogen and oxygen atoms in total. The lowest BCUT2D eigenvalue weighted by atomic mass is 9.99. The van der Waals surface area contributed by atoms with Crippen LogP contribution in [-0.4, -0.2) is 35.1 Å². The van der Waals surface area contributed by atoms with Crippen molar-refractivity contribution in [2.75, 3.05) is 18.0 Å². The molecule has 0 radical (unpaired) electrons. The standard InChI is InChI=1S/C18H17N3O2S/c19-16(22)11-20-10-14-17(12-6-2-1-3-7-12)23-15-9-5-4-8-13(15)21(14)18(20)24/h1-9,14,17H,10-11H2,(H2,19,22). The van der Waals surface area contributed by atoms with Crippen molar-refractivity contribution in [2.24, 2.45) is 5.73 Å². The zero-order valence-corrected chi connectivity index (χ0v) is 13.8. The lowest BCUT2D eigenvalue weighted by molar-refractivity contribution is -0.118. The average molecular weight is 339 g/mol. The Bertz CT molecular complexity index is 796. The molecule has 2 aromatic rings. The lowest BCUT2D eigenvalue weighted by Crippen LogP contribution is -2.43. The van der Waals surface area contributed by atoms with Gasteiger partial charge in [-0.15, -0.1) is 0 Å².